The van der Waals surface area contributed by atoms with Gasteiger partial charge in [-0.1, -0.05) is 0 Å². The minimum atomic E-state index is -3.46. The Morgan fingerprint density at radius 3 is 2.13 bits per heavy atom. The summed E-state index contributed by atoms with van der Waals surface area (Å²) < 4.78 is 7.07. The maximum absolute atomic E-state index is 7.73. The molecule has 0 aliphatic carbocycles. The van der Waals surface area contributed by atoms with Gasteiger partial charge in [0.05, 0.1) is 0 Å². The fraction of sp³-hybridized carbons (Fsp3) is 1.00. The summed E-state index contributed by atoms with van der Waals surface area (Å²) in [6, 6.07) is 0. The van der Waals surface area contributed by atoms with Gasteiger partial charge in [0.2, 0.25) is 0 Å². The first kappa shape index (κ1) is 15.0. The number of hydrogen-bond donors (Lipinski definition) is 0. The molecule has 0 N–H and O–H groups in total. The van der Waals surface area contributed by atoms with Gasteiger partial charge in [-0.05, 0) is 0 Å². The molecule has 2 atom stereocenters. The van der Waals surface area contributed by atoms with E-state index in [0.29, 0.717) is 0 Å². The SMILES string of the molecule is [2H][C@@H]([C@H](Cl)CCCCCCCC)[Te](Cl)(Cl)Cl. The molecule has 0 aromatic heterocycles. The zero-order valence-corrected chi connectivity index (χ0v) is 14.4. The van der Waals surface area contributed by atoms with E-state index in [1.54, 1.807) is 0 Å². The van der Waals surface area contributed by atoms with Crippen molar-refractivity contribution in [1.82, 2.24) is 0 Å². The van der Waals surface area contributed by atoms with E-state index in [1.165, 1.54) is 32.1 Å². The number of unbranched alkanes of at least 4 members (excludes halogenated alkanes) is 5. The molecular formula is C10H20Cl4Te. The third kappa shape index (κ3) is 13.9. The molecule has 0 saturated carbocycles. The van der Waals surface area contributed by atoms with Crippen LogP contribution >= 0.6 is 38.5 Å². The predicted octanol–water partition coefficient (Wildman–Crippen LogP) is 6.00. The van der Waals surface area contributed by atoms with Gasteiger partial charge < -0.3 is 0 Å². The number of alkyl halides is 1. The normalized spacial score (nSPS) is 18.3. The third-order valence-corrected chi connectivity index (χ3v) is 6.84. The average Bonchev–Trinajstić information content (AvgIpc) is 2.20. The van der Waals surface area contributed by atoms with E-state index in [4.69, 9.17) is 39.9 Å². The number of halogens is 4. The van der Waals surface area contributed by atoms with Gasteiger partial charge in [0.1, 0.15) is 0 Å². The van der Waals surface area contributed by atoms with Crippen molar-refractivity contribution in [3.05, 3.63) is 0 Å². The summed E-state index contributed by atoms with van der Waals surface area (Å²) in [6.07, 6.45) is 8.09. The van der Waals surface area contributed by atoms with Crippen LogP contribution in [-0.4, -0.2) is 20.2 Å². The molecule has 0 spiro atoms. The Balaban J connectivity index is 3.54. The summed E-state index contributed by atoms with van der Waals surface area (Å²) in [5.74, 6) is 0. The van der Waals surface area contributed by atoms with Gasteiger partial charge in [0.15, 0.2) is 0 Å². The van der Waals surface area contributed by atoms with E-state index >= 15 is 0 Å². The van der Waals surface area contributed by atoms with Crippen LogP contribution in [-0.2, 0) is 0 Å². The van der Waals surface area contributed by atoms with Crippen LogP contribution < -0.4 is 0 Å². The molecular weight excluding hydrogens is 390 g/mol. The standard InChI is InChI=1S/C10H20Cl4Te/c1-2-3-4-5-6-7-8-10(11)9-15(12,13)14/h10H,2-9H2,1H3/t10-/m1/s1/i9D/t9-,10+/m0. The molecule has 5 heteroatoms. The molecule has 0 amide bonds. The van der Waals surface area contributed by atoms with Crippen molar-refractivity contribution < 1.29 is 1.37 Å². The van der Waals surface area contributed by atoms with Crippen LogP contribution in [0.2, 0.25) is 4.44 Å². The molecule has 0 bridgehead atoms. The van der Waals surface area contributed by atoms with Crippen molar-refractivity contribution in [3.8, 4) is 0 Å². The summed E-state index contributed by atoms with van der Waals surface area (Å²) in [7, 11) is 17.4. The van der Waals surface area contributed by atoms with Gasteiger partial charge >= 0.3 is 116 Å². The van der Waals surface area contributed by atoms with E-state index < -0.39 is 19.3 Å². The van der Waals surface area contributed by atoms with Gasteiger partial charge in [-0.25, -0.2) is 0 Å². The zero-order chi connectivity index (χ0) is 12.6. The molecule has 0 aliphatic heterocycles. The van der Waals surface area contributed by atoms with E-state index in [1.807, 2.05) is 0 Å². The molecule has 0 unspecified atom stereocenters. The molecule has 0 saturated heterocycles. The molecule has 0 nitrogen and oxygen atoms in total. The van der Waals surface area contributed by atoms with Crippen LogP contribution in [0, 0.1) is 0 Å². The van der Waals surface area contributed by atoms with Gasteiger partial charge in [0, 0.05) is 0 Å². The van der Waals surface area contributed by atoms with Crippen LogP contribution in [0.25, 0.3) is 0 Å². The second-order valence-electron chi connectivity index (χ2n) is 3.65. The van der Waals surface area contributed by atoms with Crippen LogP contribution in [0.3, 0.4) is 0 Å². The van der Waals surface area contributed by atoms with E-state index in [0.717, 1.165) is 12.8 Å². The van der Waals surface area contributed by atoms with Crippen molar-refractivity contribution in [2.24, 2.45) is 0 Å². The molecule has 0 radical (unpaired) electrons. The summed E-state index contributed by atoms with van der Waals surface area (Å²) >= 11 is 2.60. The second-order valence-corrected chi connectivity index (χ2v) is 20.5. The molecule has 0 heterocycles. The van der Waals surface area contributed by atoms with Crippen molar-refractivity contribution in [2.75, 3.05) is 0 Å². The predicted molar refractivity (Wildman–Crippen MR) is 75.8 cm³/mol. The minimum absolute atomic E-state index is 0.292. The topological polar surface area (TPSA) is 0 Å². The fourth-order valence-electron chi connectivity index (χ4n) is 1.36. The van der Waals surface area contributed by atoms with Gasteiger partial charge in [-0.2, -0.15) is 0 Å². The summed E-state index contributed by atoms with van der Waals surface area (Å²) in [5.41, 5.74) is 0. The van der Waals surface area contributed by atoms with Crippen molar-refractivity contribution in [1.29, 1.82) is 0 Å². The van der Waals surface area contributed by atoms with Crippen molar-refractivity contribution in [3.63, 3.8) is 0 Å². The van der Waals surface area contributed by atoms with E-state index in [-0.39, 0.29) is 5.38 Å². The summed E-state index contributed by atoms with van der Waals surface area (Å²) in [6.45, 7) is 2.20. The Morgan fingerprint density at radius 2 is 1.60 bits per heavy atom. The van der Waals surface area contributed by atoms with Crippen LogP contribution in [0.4, 0.5) is 0 Å². The van der Waals surface area contributed by atoms with Gasteiger partial charge in [-0.3, -0.25) is 0 Å². The number of rotatable bonds is 9. The zero-order valence-electron chi connectivity index (χ0n) is 10.0. The number of hydrogen-bond acceptors (Lipinski definition) is 0. The first-order valence-corrected chi connectivity index (χ1v) is 16.0. The van der Waals surface area contributed by atoms with Gasteiger partial charge in [-0.15, -0.1) is 0 Å². The Bertz CT molecular complexity index is 175. The van der Waals surface area contributed by atoms with E-state index in [2.05, 4.69) is 6.92 Å². The monoisotopic (exact) mass is 411 g/mol. The first-order valence-electron chi connectivity index (χ1n) is 5.94. The Kier molecular flexibility index (Phi) is 9.93. The Labute approximate surface area is 115 Å². The molecule has 0 aromatic rings. The van der Waals surface area contributed by atoms with Crippen LogP contribution in [0.5, 0.6) is 0 Å². The molecule has 15 heavy (non-hydrogen) atoms. The van der Waals surface area contributed by atoms with Gasteiger partial charge in [0.25, 0.3) is 0 Å². The van der Waals surface area contributed by atoms with Crippen molar-refractivity contribution in [2.45, 2.75) is 61.7 Å². The van der Waals surface area contributed by atoms with E-state index in [9.17, 15) is 0 Å². The Hall–Kier alpha value is 1.95. The fourth-order valence-corrected chi connectivity index (χ4v) is 7.45. The van der Waals surface area contributed by atoms with Crippen molar-refractivity contribution >= 4 is 53.3 Å². The molecule has 0 aliphatic rings. The third-order valence-electron chi connectivity index (χ3n) is 2.14. The second kappa shape index (κ2) is 9.93. The molecule has 0 rings (SSSR count). The Morgan fingerprint density at radius 1 is 1.07 bits per heavy atom. The molecule has 0 aromatic carbocycles. The maximum atomic E-state index is 7.73. The summed E-state index contributed by atoms with van der Waals surface area (Å²) in [5, 5.41) is -0.292. The molecule has 0 fully saturated rings. The average molecular weight is 411 g/mol. The van der Waals surface area contributed by atoms with Crippen LogP contribution in [0.15, 0.2) is 0 Å². The van der Waals surface area contributed by atoms with Crippen LogP contribution in [0.1, 0.15) is 53.2 Å². The summed E-state index contributed by atoms with van der Waals surface area (Å²) in [4.78, 5) is 0. The first-order chi connectivity index (χ1) is 7.39. The quantitative estimate of drug-likeness (QED) is 0.248. The molecule has 94 valence electrons.